The highest BCUT2D eigenvalue weighted by atomic mass is 32.2. The summed E-state index contributed by atoms with van der Waals surface area (Å²) >= 11 is 1.77. The number of pyridine rings is 1. The van der Waals surface area contributed by atoms with Crippen LogP contribution < -0.4 is 16.0 Å². The van der Waals surface area contributed by atoms with Gasteiger partial charge in [0, 0.05) is 24.5 Å². The van der Waals surface area contributed by atoms with Gasteiger partial charge in [0.05, 0.1) is 18.4 Å². The maximum atomic E-state index is 11.8. The van der Waals surface area contributed by atoms with Gasteiger partial charge >= 0.3 is 0 Å². The molecule has 0 aliphatic rings. The number of nitrogens with one attached hydrogen (secondary N) is 3. The van der Waals surface area contributed by atoms with Crippen molar-refractivity contribution in [1.29, 1.82) is 0 Å². The molecule has 7 heteroatoms. The van der Waals surface area contributed by atoms with Crippen LogP contribution in [0.2, 0.25) is 0 Å². The summed E-state index contributed by atoms with van der Waals surface area (Å²) < 4.78 is 0.107. The van der Waals surface area contributed by atoms with Crippen molar-refractivity contribution in [3.63, 3.8) is 0 Å². The van der Waals surface area contributed by atoms with Crippen LogP contribution in [0.5, 0.6) is 0 Å². The number of hydrogen-bond acceptors (Lipinski definition) is 4. The summed E-state index contributed by atoms with van der Waals surface area (Å²) in [5, 5.41) is 8.94. The van der Waals surface area contributed by atoms with Gasteiger partial charge in [0.2, 0.25) is 5.91 Å². The predicted octanol–water partition coefficient (Wildman–Crippen LogP) is 1.33. The number of hydrogen-bond donors (Lipinski definition) is 3. The SMILES string of the molecule is CN=C(NCC(=O)Nc1cccnc1)NCC(C)(C)SC. The summed E-state index contributed by atoms with van der Waals surface area (Å²) in [5.41, 5.74) is 0.677. The molecule has 1 heterocycles. The van der Waals surface area contributed by atoms with Gasteiger partial charge < -0.3 is 16.0 Å². The average Bonchev–Trinajstić information content (AvgIpc) is 2.48. The maximum Gasteiger partial charge on any atom is 0.243 e. The van der Waals surface area contributed by atoms with Crippen molar-refractivity contribution in [2.24, 2.45) is 4.99 Å². The number of carbonyl (C=O) groups excluding carboxylic acids is 1. The lowest BCUT2D eigenvalue weighted by Crippen LogP contribution is -2.45. The Morgan fingerprint density at radius 2 is 2.19 bits per heavy atom. The van der Waals surface area contributed by atoms with Crippen molar-refractivity contribution in [1.82, 2.24) is 15.6 Å². The van der Waals surface area contributed by atoms with Gasteiger partial charge in [0.1, 0.15) is 0 Å². The molecule has 21 heavy (non-hydrogen) atoms. The number of nitrogens with zero attached hydrogens (tertiary/aromatic N) is 2. The predicted molar refractivity (Wildman–Crippen MR) is 89.8 cm³/mol. The number of aromatic nitrogens is 1. The van der Waals surface area contributed by atoms with E-state index >= 15 is 0 Å². The summed E-state index contributed by atoms with van der Waals surface area (Å²) in [4.78, 5) is 19.8. The van der Waals surface area contributed by atoms with Gasteiger partial charge in [-0.25, -0.2) is 0 Å². The molecule has 0 saturated carbocycles. The van der Waals surface area contributed by atoms with Crippen molar-refractivity contribution in [2.45, 2.75) is 18.6 Å². The molecule has 1 aromatic heterocycles. The van der Waals surface area contributed by atoms with Gasteiger partial charge in [-0.3, -0.25) is 14.8 Å². The van der Waals surface area contributed by atoms with E-state index in [1.54, 1.807) is 43.3 Å². The van der Waals surface area contributed by atoms with Gasteiger partial charge in [-0.15, -0.1) is 0 Å². The molecule has 0 aliphatic heterocycles. The monoisotopic (exact) mass is 309 g/mol. The Bertz CT molecular complexity index is 476. The fourth-order valence-corrected chi connectivity index (χ4v) is 1.61. The van der Waals surface area contributed by atoms with Crippen molar-refractivity contribution in [3.05, 3.63) is 24.5 Å². The van der Waals surface area contributed by atoms with E-state index in [2.05, 4.69) is 46.0 Å². The number of carbonyl (C=O) groups is 1. The first-order valence-corrected chi connectivity index (χ1v) is 7.89. The van der Waals surface area contributed by atoms with Crippen LogP contribution in [0.1, 0.15) is 13.8 Å². The standard InChI is InChI=1S/C14H23N5OS/c1-14(2,21-4)10-18-13(15-3)17-9-12(20)19-11-6-5-7-16-8-11/h5-8H,9-10H2,1-4H3,(H,19,20)(H2,15,17,18). The van der Waals surface area contributed by atoms with Crippen LogP contribution in [0, 0.1) is 0 Å². The number of guanidine groups is 1. The van der Waals surface area contributed by atoms with Gasteiger partial charge in [0.25, 0.3) is 0 Å². The second-order valence-electron chi connectivity index (χ2n) is 5.03. The molecule has 3 N–H and O–H groups in total. The zero-order valence-electron chi connectivity index (χ0n) is 12.9. The van der Waals surface area contributed by atoms with Crippen LogP contribution >= 0.6 is 11.8 Å². The van der Waals surface area contributed by atoms with Crippen LogP contribution in [0.25, 0.3) is 0 Å². The molecule has 1 amide bonds. The summed E-state index contributed by atoms with van der Waals surface area (Å²) in [7, 11) is 1.68. The average molecular weight is 309 g/mol. The van der Waals surface area contributed by atoms with Crippen molar-refractivity contribution < 1.29 is 4.79 Å². The minimum absolute atomic E-state index is 0.107. The normalized spacial score (nSPS) is 11.9. The van der Waals surface area contributed by atoms with Gasteiger partial charge in [-0.05, 0) is 32.2 Å². The lowest BCUT2D eigenvalue weighted by molar-refractivity contribution is -0.115. The zero-order valence-corrected chi connectivity index (χ0v) is 13.8. The van der Waals surface area contributed by atoms with E-state index in [1.165, 1.54) is 0 Å². The van der Waals surface area contributed by atoms with Crippen LogP contribution in [-0.4, -0.2) is 48.0 Å². The molecule has 0 saturated heterocycles. The Hall–Kier alpha value is -1.76. The lowest BCUT2D eigenvalue weighted by atomic mass is 10.2. The highest BCUT2D eigenvalue weighted by Gasteiger charge is 2.16. The Balaban J connectivity index is 2.36. The summed E-state index contributed by atoms with van der Waals surface area (Å²) in [6.07, 6.45) is 5.33. The van der Waals surface area contributed by atoms with Crippen LogP contribution in [0.3, 0.4) is 0 Å². The molecule has 0 fully saturated rings. The third-order valence-corrected chi connectivity index (χ3v) is 4.07. The number of anilines is 1. The number of aliphatic imine (C=N–C) groups is 1. The molecule has 116 valence electrons. The van der Waals surface area contributed by atoms with Gasteiger partial charge in [0.15, 0.2) is 5.96 Å². The molecule has 1 rings (SSSR count). The third kappa shape index (κ3) is 6.99. The topological polar surface area (TPSA) is 78.4 Å². The van der Waals surface area contributed by atoms with E-state index in [-0.39, 0.29) is 17.2 Å². The highest BCUT2D eigenvalue weighted by Crippen LogP contribution is 2.19. The molecular formula is C14H23N5OS. The molecule has 0 unspecified atom stereocenters. The van der Waals surface area contributed by atoms with E-state index < -0.39 is 0 Å². The van der Waals surface area contributed by atoms with Crippen LogP contribution in [0.4, 0.5) is 5.69 Å². The summed E-state index contributed by atoms with van der Waals surface area (Å²) in [5.74, 6) is 0.466. The third-order valence-electron chi connectivity index (χ3n) is 2.82. The van der Waals surface area contributed by atoms with E-state index in [1.807, 2.05) is 0 Å². The second kappa shape index (κ2) is 8.51. The fraction of sp³-hybridized carbons (Fsp3) is 0.500. The second-order valence-corrected chi connectivity index (χ2v) is 6.55. The highest BCUT2D eigenvalue weighted by molar-refractivity contribution is 7.99. The molecular weight excluding hydrogens is 286 g/mol. The molecule has 1 aromatic rings. The van der Waals surface area contributed by atoms with Gasteiger partial charge in [-0.2, -0.15) is 11.8 Å². The van der Waals surface area contributed by atoms with E-state index in [4.69, 9.17) is 0 Å². The van der Waals surface area contributed by atoms with Crippen molar-refractivity contribution >= 4 is 29.3 Å². The van der Waals surface area contributed by atoms with Crippen LogP contribution in [-0.2, 0) is 4.79 Å². The van der Waals surface area contributed by atoms with E-state index in [9.17, 15) is 4.79 Å². The fourth-order valence-electron chi connectivity index (χ4n) is 1.40. The maximum absolute atomic E-state index is 11.8. The quantitative estimate of drug-likeness (QED) is 0.546. The lowest BCUT2D eigenvalue weighted by Gasteiger charge is -2.23. The number of amides is 1. The van der Waals surface area contributed by atoms with Crippen molar-refractivity contribution in [3.8, 4) is 0 Å². The Morgan fingerprint density at radius 1 is 1.43 bits per heavy atom. The van der Waals surface area contributed by atoms with Gasteiger partial charge in [-0.1, -0.05) is 0 Å². The number of rotatable bonds is 6. The molecule has 0 aromatic carbocycles. The molecule has 0 aliphatic carbocycles. The molecule has 0 radical (unpaired) electrons. The molecule has 0 atom stereocenters. The minimum Gasteiger partial charge on any atom is -0.355 e. The Labute approximate surface area is 130 Å². The summed E-state index contributed by atoms with van der Waals surface area (Å²) in [6.45, 7) is 5.20. The molecule has 0 bridgehead atoms. The first-order valence-electron chi connectivity index (χ1n) is 6.66. The van der Waals surface area contributed by atoms with Crippen molar-refractivity contribution in [2.75, 3.05) is 31.7 Å². The largest absolute Gasteiger partial charge is 0.355 e. The first-order chi connectivity index (χ1) is 9.96. The molecule has 6 nitrogen and oxygen atoms in total. The van der Waals surface area contributed by atoms with Crippen LogP contribution in [0.15, 0.2) is 29.5 Å². The Morgan fingerprint density at radius 3 is 2.76 bits per heavy atom. The summed E-state index contributed by atoms with van der Waals surface area (Å²) in [6, 6.07) is 3.56. The minimum atomic E-state index is -0.143. The smallest absolute Gasteiger partial charge is 0.243 e. The number of thioether (sulfide) groups is 1. The van der Waals surface area contributed by atoms with E-state index in [0.717, 1.165) is 6.54 Å². The zero-order chi connectivity index (χ0) is 15.7. The Kier molecular flexibility index (Phi) is 7.01. The first kappa shape index (κ1) is 17.3. The molecule has 0 spiro atoms. The van der Waals surface area contributed by atoms with E-state index in [0.29, 0.717) is 11.6 Å².